The van der Waals surface area contributed by atoms with Gasteiger partial charge in [0, 0.05) is 6.54 Å². The van der Waals surface area contributed by atoms with Gasteiger partial charge in [0.25, 0.3) is 0 Å². The zero-order chi connectivity index (χ0) is 15.2. The molecule has 1 aliphatic heterocycles. The van der Waals surface area contributed by atoms with Crippen LogP contribution in [0.5, 0.6) is 0 Å². The first-order valence-electron chi connectivity index (χ1n) is 7.61. The van der Waals surface area contributed by atoms with Gasteiger partial charge in [0.05, 0.1) is 6.04 Å². The fraction of sp³-hybridized carbons (Fsp3) is 0.278. The van der Waals surface area contributed by atoms with E-state index in [1.807, 2.05) is 48.5 Å². The third kappa shape index (κ3) is 3.65. The lowest BCUT2D eigenvalue weighted by Crippen LogP contribution is -2.34. The molecule has 0 aromatic heterocycles. The van der Waals surface area contributed by atoms with Gasteiger partial charge in [-0.15, -0.1) is 0 Å². The molecule has 0 spiro atoms. The highest BCUT2D eigenvalue weighted by molar-refractivity contribution is 5.75. The van der Waals surface area contributed by atoms with Crippen molar-refractivity contribution in [1.82, 2.24) is 10.4 Å². The molecular weight excluding hydrogens is 276 g/mol. The lowest BCUT2D eigenvalue weighted by Gasteiger charge is -2.22. The van der Waals surface area contributed by atoms with E-state index in [0.717, 1.165) is 18.4 Å². The molecule has 2 amide bonds. The Hall–Kier alpha value is -2.33. The summed E-state index contributed by atoms with van der Waals surface area (Å²) < 4.78 is 0. The monoisotopic (exact) mass is 296 g/mol. The summed E-state index contributed by atoms with van der Waals surface area (Å²) in [5.74, 6) is 0. The molecule has 1 N–H and O–H groups in total. The number of nitrogens with one attached hydrogen (secondary N) is 1. The van der Waals surface area contributed by atoms with E-state index < -0.39 is 0 Å². The quantitative estimate of drug-likeness (QED) is 0.889. The lowest BCUT2D eigenvalue weighted by atomic mass is 10.1. The van der Waals surface area contributed by atoms with Crippen molar-refractivity contribution in [3.05, 3.63) is 71.8 Å². The Kier molecular flexibility index (Phi) is 4.71. The Morgan fingerprint density at radius 1 is 1.00 bits per heavy atom. The minimum Gasteiger partial charge on any atom is -0.334 e. The van der Waals surface area contributed by atoms with Gasteiger partial charge in [-0.05, 0) is 24.0 Å². The van der Waals surface area contributed by atoms with Crippen molar-refractivity contribution in [1.29, 1.82) is 0 Å². The van der Waals surface area contributed by atoms with Gasteiger partial charge >= 0.3 is 6.03 Å². The zero-order valence-corrected chi connectivity index (χ0v) is 12.4. The second-order valence-electron chi connectivity index (χ2n) is 5.45. The van der Waals surface area contributed by atoms with E-state index in [0.29, 0.717) is 13.2 Å². The SMILES string of the molecule is O=C1NC[C@H](CCc2ccccc2)N1OCc1ccccc1. The summed E-state index contributed by atoms with van der Waals surface area (Å²) >= 11 is 0. The van der Waals surface area contributed by atoms with E-state index in [9.17, 15) is 4.79 Å². The fourth-order valence-electron chi connectivity index (χ4n) is 2.61. The lowest BCUT2D eigenvalue weighted by molar-refractivity contribution is -0.140. The number of carbonyl (C=O) groups is 1. The average molecular weight is 296 g/mol. The van der Waals surface area contributed by atoms with Crippen LogP contribution in [0.4, 0.5) is 4.79 Å². The van der Waals surface area contributed by atoms with Crippen LogP contribution in [-0.4, -0.2) is 23.7 Å². The molecule has 0 unspecified atom stereocenters. The molecule has 0 saturated carbocycles. The number of amides is 2. The molecule has 4 heteroatoms. The van der Waals surface area contributed by atoms with Crippen LogP contribution in [-0.2, 0) is 17.9 Å². The molecule has 2 aromatic rings. The smallest absolute Gasteiger partial charge is 0.334 e. The Morgan fingerprint density at radius 3 is 2.32 bits per heavy atom. The van der Waals surface area contributed by atoms with Crippen molar-refractivity contribution >= 4 is 6.03 Å². The number of nitrogens with zero attached hydrogens (tertiary/aromatic N) is 1. The van der Waals surface area contributed by atoms with Gasteiger partial charge in [-0.2, -0.15) is 5.06 Å². The number of benzene rings is 2. The Morgan fingerprint density at radius 2 is 1.64 bits per heavy atom. The molecule has 2 aromatic carbocycles. The van der Waals surface area contributed by atoms with Crippen LogP contribution in [0, 0.1) is 0 Å². The van der Waals surface area contributed by atoms with E-state index in [4.69, 9.17) is 4.84 Å². The molecule has 114 valence electrons. The summed E-state index contributed by atoms with van der Waals surface area (Å²) in [5, 5.41) is 4.35. The fourth-order valence-corrected chi connectivity index (χ4v) is 2.61. The van der Waals surface area contributed by atoms with Gasteiger partial charge in [-0.1, -0.05) is 60.7 Å². The Labute approximate surface area is 130 Å². The number of aryl methyl sites for hydroxylation is 1. The van der Waals surface area contributed by atoms with Crippen molar-refractivity contribution in [2.75, 3.05) is 6.54 Å². The number of hydrogen-bond donors (Lipinski definition) is 1. The molecule has 0 bridgehead atoms. The summed E-state index contributed by atoms with van der Waals surface area (Å²) in [6.45, 7) is 1.05. The van der Waals surface area contributed by atoms with Crippen molar-refractivity contribution in [3.63, 3.8) is 0 Å². The predicted octanol–water partition coefficient (Wildman–Crippen LogP) is 3.14. The summed E-state index contributed by atoms with van der Waals surface area (Å²) in [7, 11) is 0. The minimum atomic E-state index is -0.144. The number of carbonyl (C=O) groups excluding carboxylic acids is 1. The van der Waals surface area contributed by atoms with Gasteiger partial charge in [0.2, 0.25) is 0 Å². The first-order chi connectivity index (χ1) is 10.8. The first-order valence-corrected chi connectivity index (χ1v) is 7.61. The number of urea groups is 1. The van der Waals surface area contributed by atoms with Gasteiger partial charge in [-0.3, -0.25) is 4.84 Å². The largest absolute Gasteiger partial charge is 0.341 e. The molecule has 1 fully saturated rings. The number of hydroxylamine groups is 2. The third-order valence-corrected chi connectivity index (χ3v) is 3.84. The maximum Gasteiger partial charge on any atom is 0.341 e. The molecule has 3 rings (SSSR count). The van der Waals surface area contributed by atoms with E-state index in [2.05, 4.69) is 17.4 Å². The third-order valence-electron chi connectivity index (χ3n) is 3.84. The van der Waals surface area contributed by atoms with E-state index >= 15 is 0 Å². The predicted molar refractivity (Wildman–Crippen MR) is 85.0 cm³/mol. The second kappa shape index (κ2) is 7.09. The normalized spacial score (nSPS) is 17.5. The van der Waals surface area contributed by atoms with E-state index in [-0.39, 0.29) is 12.1 Å². The van der Waals surface area contributed by atoms with Crippen molar-refractivity contribution in [2.45, 2.75) is 25.5 Å². The van der Waals surface area contributed by atoms with Crippen molar-refractivity contribution < 1.29 is 9.63 Å². The highest BCUT2D eigenvalue weighted by Crippen LogP contribution is 2.16. The second-order valence-corrected chi connectivity index (χ2v) is 5.45. The van der Waals surface area contributed by atoms with Gasteiger partial charge < -0.3 is 5.32 Å². The van der Waals surface area contributed by atoms with Crippen LogP contribution >= 0.6 is 0 Å². The molecule has 1 atom stereocenters. The van der Waals surface area contributed by atoms with Crippen LogP contribution in [0.2, 0.25) is 0 Å². The number of hydrogen-bond acceptors (Lipinski definition) is 2. The highest BCUT2D eigenvalue weighted by Gasteiger charge is 2.31. The maximum atomic E-state index is 11.9. The molecule has 0 aliphatic carbocycles. The van der Waals surface area contributed by atoms with Gasteiger partial charge in [0.15, 0.2) is 0 Å². The molecule has 0 radical (unpaired) electrons. The molecule has 1 aliphatic rings. The van der Waals surface area contributed by atoms with Crippen LogP contribution < -0.4 is 5.32 Å². The van der Waals surface area contributed by atoms with E-state index in [1.54, 1.807) is 0 Å². The van der Waals surface area contributed by atoms with Crippen LogP contribution in [0.1, 0.15) is 17.5 Å². The Balaban J connectivity index is 1.55. The van der Waals surface area contributed by atoms with E-state index in [1.165, 1.54) is 10.6 Å². The van der Waals surface area contributed by atoms with Gasteiger partial charge in [0.1, 0.15) is 6.61 Å². The summed E-state index contributed by atoms with van der Waals surface area (Å²) in [4.78, 5) is 17.6. The molecule has 22 heavy (non-hydrogen) atoms. The molecular formula is C18H20N2O2. The maximum absolute atomic E-state index is 11.9. The molecule has 1 saturated heterocycles. The molecule has 1 heterocycles. The van der Waals surface area contributed by atoms with Crippen molar-refractivity contribution in [2.24, 2.45) is 0 Å². The van der Waals surface area contributed by atoms with Crippen LogP contribution in [0.15, 0.2) is 60.7 Å². The zero-order valence-electron chi connectivity index (χ0n) is 12.4. The highest BCUT2D eigenvalue weighted by atomic mass is 16.7. The Bertz CT molecular complexity index is 601. The first kappa shape index (κ1) is 14.6. The molecule has 4 nitrogen and oxygen atoms in total. The van der Waals surface area contributed by atoms with Crippen molar-refractivity contribution in [3.8, 4) is 0 Å². The topological polar surface area (TPSA) is 41.6 Å². The average Bonchev–Trinajstić information content (AvgIpc) is 2.93. The summed E-state index contributed by atoms with van der Waals surface area (Å²) in [6, 6.07) is 20.1. The summed E-state index contributed by atoms with van der Waals surface area (Å²) in [6.07, 6.45) is 1.82. The minimum absolute atomic E-state index is 0.0800. The van der Waals surface area contributed by atoms with Gasteiger partial charge in [-0.25, -0.2) is 4.79 Å². The van der Waals surface area contributed by atoms with Crippen LogP contribution in [0.3, 0.4) is 0 Å². The van der Waals surface area contributed by atoms with Crippen LogP contribution in [0.25, 0.3) is 0 Å². The summed E-state index contributed by atoms with van der Waals surface area (Å²) in [5.41, 5.74) is 2.34. The standard InChI is InChI=1S/C18H20N2O2/c21-18-19-13-17(12-11-15-7-3-1-4-8-15)20(18)22-14-16-9-5-2-6-10-16/h1-10,17H,11-14H2,(H,19,21)/t17-/m0/s1. The number of rotatable bonds is 6.